The third kappa shape index (κ3) is 11.2. The Balaban J connectivity index is 2.09. The number of benzene rings is 1. The minimum Gasteiger partial charge on any atom is -0.466 e. The number of rotatable bonds is 14. The molecule has 0 fully saturated rings. The number of nitro groups is 1. The molecule has 8 heteroatoms. The van der Waals surface area contributed by atoms with Crippen molar-refractivity contribution in [3.05, 3.63) is 34.4 Å². The first-order chi connectivity index (χ1) is 13.0. The van der Waals surface area contributed by atoms with Crippen LogP contribution in [0.15, 0.2) is 24.3 Å². The number of nitro benzene ring substituents is 1. The Labute approximate surface area is 164 Å². The molecule has 150 valence electrons. The summed E-state index contributed by atoms with van der Waals surface area (Å²) in [7, 11) is 0. The Hall–Kier alpha value is -2.15. The third-order valence-electron chi connectivity index (χ3n) is 3.81. The van der Waals surface area contributed by atoms with Gasteiger partial charge in [-0.3, -0.25) is 19.7 Å². The second kappa shape index (κ2) is 14.0. The average Bonchev–Trinajstić information content (AvgIpc) is 2.64. The van der Waals surface area contributed by atoms with E-state index in [1.165, 1.54) is 24.3 Å². The second-order valence-electron chi connectivity index (χ2n) is 6.11. The van der Waals surface area contributed by atoms with Gasteiger partial charge in [0.05, 0.1) is 17.6 Å². The van der Waals surface area contributed by atoms with Gasteiger partial charge in [-0.2, -0.15) is 0 Å². The van der Waals surface area contributed by atoms with Crippen LogP contribution >= 0.6 is 11.6 Å². The molecule has 1 aromatic rings. The minimum absolute atomic E-state index is 0.0400. The molecule has 7 nitrogen and oxygen atoms in total. The number of hydrogen-bond donors (Lipinski definition) is 0. The van der Waals surface area contributed by atoms with Crippen molar-refractivity contribution in [3.63, 3.8) is 0 Å². The van der Waals surface area contributed by atoms with Crippen LogP contribution in [0.25, 0.3) is 0 Å². The first-order valence-electron chi connectivity index (χ1n) is 9.19. The van der Waals surface area contributed by atoms with Gasteiger partial charge in [0.15, 0.2) is 0 Å². The molecule has 1 aromatic carbocycles. The Kier molecular flexibility index (Phi) is 11.8. The summed E-state index contributed by atoms with van der Waals surface area (Å²) in [5.74, 6) is -0.0560. The number of halogens is 1. The fourth-order valence-corrected chi connectivity index (χ4v) is 2.57. The molecule has 0 aromatic heterocycles. The van der Waals surface area contributed by atoms with Crippen LogP contribution in [-0.2, 0) is 14.3 Å². The number of carbonyl (C=O) groups is 2. The van der Waals surface area contributed by atoms with Crippen LogP contribution < -0.4 is 4.74 Å². The van der Waals surface area contributed by atoms with Gasteiger partial charge in [-0.15, -0.1) is 11.6 Å². The molecule has 0 heterocycles. The first kappa shape index (κ1) is 22.9. The largest absolute Gasteiger partial charge is 0.466 e. The van der Waals surface area contributed by atoms with Crippen molar-refractivity contribution in [2.45, 2.75) is 57.8 Å². The molecule has 0 N–H and O–H groups in total. The fraction of sp³-hybridized carbons (Fsp3) is 0.579. The predicted octanol–water partition coefficient (Wildman–Crippen LogP) is 4.79. The maximum Gasteiger partial charge on any atom is 0.311 e. The van der Waals surface area contributed by atoms with E-state index in [0.29, 0.717) is 18.9 Å². The van der Waals surface area contributed by atoms with Gasteiger partial charge in [-0.05, 0) is 25.3 Å². The smallest absolute Gasteiger partial charge is 0.311 e. The van der Waals surface area contributed by atoms with E-state index in [1.807, 2.05) is 0 Å². The number of esters is 2. The van der Waals surface area contributed by atoms with E-state index in [4.69, 9.17) is 21.1 Å². The number of unbranched alkanes of at least 4 members (excludes halogenated alkanes) is 5. The number of hydrogen-bond acceptors (Lipinski definition) is 6. The van der Waals surface area contributed by atoms with Gasteiger partial charge in [0.1, 0.15) is 5.75 Å². The summed E-state index contributed by atoms with van der Waals surface area (Å²) in [5, 5.41) is 10.7. The van der Waals surface area contributed by atoms with Crippen LogP contribution in [0.3, 0.4) is 0 Å². The lowest BCUT2D eigenvalue weighted by atomic mass is 10.1. The van der Waals surface area contributed by atoms with Crippen LogP contribution in [0.2, 0.25) is 0 Å². The van der Waals surface area contributed by atoms with Crippen molar-refractivity contribution in [2.75, 3.05) is 12.5 Å². The fourth-order valence-electron chi connectivity index (χ4n) is 2.38. The number of non-ortho nitro benzene ring substituents is 1. The molecule has 0 aliphatic heterocycles. The topological polar surface area (TPSA) is 95.7 Å². The first-order valence-corrected chi connectivity index (χ1v) is 9.73. The molecule has 0 aliphatic rings. The predicted molar refractivity (Wildman–Crippen MR) is 102 cm³/mol. The van der Waals surface area contributed by atoms with E-state index in [1.54, 1.807) is 0 Å². The van der Waals surface area contributed by atoms with Gasteiger partial charge in [-0.25, -0.2) is 0 Å². The summed E-state index contributed by atoms with van der Waals surface area (Å²) in [5.41, 5.74) is -0.150. The molecule has 27 heavy (non-hydrogen) atoms. The summed E-state index contributed by atoms with van der Waals surface area (Å²) < 4.78 is 10.2. The van der Waals surface area contributed by atoms with Crippen molar-refractivity contribution < 1.29 is 24.0 Å². The van der Waals surface area contributed by atoms with Crippen LogP contribution in [0.4, 0.5) is 5.69 Å². The lowest BCUT2D eigenvalue weighted by Gasteiger charge is -2.06. The zero-order valence-corrected chi connectivity index (χ0v) is 16.1. The zero-order chi connectivity index (χ0) is 19.9. The summed E-state index contributed by atoms with van der Waals surface area (Å²) >= 11 is 5.61. The standard InChI is InChI=1S/C19H26ClNO6/c20-13-5-3-1-2-4-6-14-26-18(22)11-8-12-19(23)27-17-10-7-9-16(15-17)21(24)25/h7,9-10,15H,1-6,8,11-14H2. The molecule has 0 saturated carbocycles. The number of ether oxygens (including phenoxy) is 2. The molecule has 0 bridgehead atoms. The molecule has 0 spiro atoms. The van der Waals surface area contributed by atoms with E-state index < -0.39 is 10.9 Å². The molecule has 0 saturated heterocycles. The normalized spacial score (nSPS) is 10.4. The average molecular weight is 400 g/mol. The maximum absolute atomic E-state index is 11.7. The molecular formula is C19H26ClNO6. The minimum atomic E-state index is -0.562. The van der Waals surface area contributed by atoms with Gasteiger partial charge in [0.25, 0.3) is 5.69 Å². The Morgan fingerprint density at radius 2 is 1.63 bits per heavy atom. The molecule has 1 rings (SSSR count). The Bertz CT molecular complexity index is 608. The van der Waals surface area contributed by atoms with Gasteiger partial charge < -0.3 is 9.47 Å². The van der Waals surface area contributed by atoms with Crippen molar-refractivity contribution >= 4 is 29.2 Å². The molecule has 0 aliphatic carbocycles. The highest BCUT2D eigenvalue weighted by Gasteiger charge is 2.11. The SMILES string of the molecule is O=C(CCCC(=O)Oc1cccc([N+](=O)[O-])c1)OCCCCCCCCCl. The highest BCUT2D eigenvalue weighted by molar-refractivity contribution is 6.17. The third-order valence-corrected chi connectivity index (χ3v) is 4.08. The molecule has 0 amide bonds. The van der Waals surface area contributed by atoms with E-state index in [2.05, 4.69) is 0 Å². The molecular weight excluding hydrogens is 374 g/mol. The van der Waals surface area contributed by atoms with Crippen molar-refractivity contribution in [1.82, 2.24) is 0 Å². The van der Waals surface area contributed by atoms with Gasteiger partial charge >= 0.3 is 11.9 Å². The van der Waals surface area contributed by atoms with Crippen LogP contribution in [0, 0.1) is 10.1 Å². The van der Waals surface area contributed by atoms with E-state index in [9.17, 15) is 19.7 Å². The van der Waals surface area contributed by atoms with E-state index in [-0.39, 0.29) is 30.2 Å². The van der Waals surface area contributed by atoms with E-state index in [0.717, 1.165) is 38.5 Å². The van der Waals surface area contributed by atoms with Crippen molar-refractivity contribution in [2.24, 2.45) is 0 Å². The number of alkyl halides is 1. The monoisotopic (exact) mass is 399 g/mol. The van der Waals surface area contributed by atoms with Gasteiger partial charge in [0, 0.05) is 24.8 Å². The lowest BCUT2D eigenvalue weighted by Crippen LogP contribution is -2.10. The lowest BCUT2D eigenvalue weighted by molar-refractivity contribution is -0.384. The zero-order valence-electron chi connectivity index (χ0n) is 15.4. The van der Waals surface area contributed by atoms with Gasteiger partial charge in [0.2, 0.25) is 0 Å². The Morgan fingerprint density at radius 3 is 2.33 bits per heavy atom. The highest BCUT2D eigenvalue weighted by atomic mass is 35.5. The van der Waals surface area contributed by atoms with Crippen LogP contribution in [-0.4, -0.2) is 29.3 Å². The highest BCUT2D eigenvalue weighted by Crippen LogP contribution is 2.19. The van der Waals surface area contributed by atoms with Gasteiger partial charge in [-0.1, -0.05) is 31.7 Å². The van der Waals surface area contributed by atoms with Crippen LogP contribution in [0.5, 0.6) is 5.75 Å². The maximum atomic E-state index is 11.7. The Morgan fingerprint density at radius 1 is 0.963 bits per heavy atom. The quantitative estimate of drug-likeness (QED) is 0.111. The summed E-state index contributed by atoms with van der Waals surface area (Å²) in [6.45, 7) is 0.395. The molecule has 0 unspecified atom stereocenters. The second-order valence-corrected chi connectivity index (χ2v) is 6.49. The van der Waals surface area contributed by atoms with E-state index >= 15 is 0 Å². The number of carbonyl (C=O) groups excluding carboxylic acids is 2. The van der Waals surface area contributed by atoms with Crippen molar-refractivity contribution in [3.8, 4) is 5.75 Å². The van der Waals surface area contributed by atoms with Crippen molar-refractivity contribution in [1.29, 1.82) is 0 Å². The van der Waals surface area contributed by atoms with Crippen LogP contribution in [0.1, 0.15) is 57.8 Å². The molecule has 0 radical (unpaired) electrons. The number of nitrogens with zero attached hydrogens (tertiary/aromatic N) is 1. The summed E-state index contributed by atoms with van der Waals surface area (Å²) in [4.78, 5) is 33.5. The molecule has 0 atom stereocenters. The summed E-state index contributed by atoms with van der Waals surface area (Å²) in [6, 6.07) is 5.40. The summed E-state index contributed by atoms with van der Waals surface area (Å²) in [6.07, 6.45) is 6.77.